The average molecular weight is 290 g/mol. The Kier molecular flexibility index (Phi) is 4.99. The van der Waals surface area contributed by atoms with Crippen molar-refractivity contribution in [2.24, 2.45) is 0 Å². The Morgan fingerprint density at radius 2 is 2.05 bits per heavy atom. The molecule has 0 aromatic heterocycles. The van der Waals surface area contributed by atoms with Crippen molar-refractivity contribution in [2.75, 3.05) is 33.4 Å². The number of nitrogens with zero attached hydrogens (tertiary/aromatic N) is 1. The van der Waals surface area contributed by atoms with Gasteiger partial charge in [0.15, 0.2) is 0 Å². The summed E-state index contributed by atoms with van der Waals surface area (Å²) in [5.74, 6) is 1.89. The number of hydrogen-bond donors (Lipinski definition) is 1. The van der Waals surface area contributed by atoms with E-state index in [0.717, 1.165) is 31.2 Å². The molecule has 4 nitrogen and oxygen atoms in total. The Bertz CT molecular complexity index is 454. The first-order valence-corrected chi connectivity index (χ1v) is 8.10. The predicted octanol–water partition coefficient (Wildman–Crippen LogP) is 2.42. The Hall–Kier alpha value is -1.26. The third kappa shape index (κ3) is 4.35. The molecule has 0 atom stereocenters. The molecule has 1 aromatic rings. The van der Waals surface area contributed by atoms with Gasteiger partial charge in [0.2, 0.25) is 0 Å². The van der Waals surface area contributed by atoms with Crippen LogP contribution in [-0.2, 0) is 6.54 Å². The molecule has 2 aliphatic rings. The molecule has 1 heterocycles. The molecule has 3 rings (SSSR count). The minimum atomic E-state index is 0.702. The minimum Gasteiger partial charge on any atom is -0.497 e. The van der Waals surface area contributed by atoms with Gasteiger partial charge in [-0.3, -0.25) is 4.90 Å². The lowest BCUT2D eigenvalue weighted by molar-refractivity contribution is 0.236. The Morgan fingerprint density at radius 3 is 2.76 bits per heavy atom. The highest BCUT2D eigenvalue weighted by Gasteiger charge is 2.21. The summed E-state index contributed by atoms with van der Waals surface area (Å²) in [6.07, 6.45) is 5.27. The van der Waals surface area contributed by atoms with Gasteiger partial charge < -0.3 is 14.8 Å². The van der Waals surface area contributed by atoms with Crippen LogP contribution in [0.5, 0.6) is 11.5 Å². The maximum Gasteiger partial charge on any atom is 0.124 e. The lowest BCUT2D eigenvalue weighted by Gasteiger charge is -2.17. The molecule has 0 radical (unpaired) electrons. The molecule has 0 amide bonds. The molecule has 0 unspecified atom stereocenters. The number of benzene rings is 1. The van der Waals surface area contributed by atoms with E-state index < -0.39 is 0 Å². The molecule has 21 heavy (non-hydrogen) atoms. The fraction of sp³-hybridized carbons (Fsp3) is 0.647. The van der Waals surface area contributed by atoms with Gasteiger partial charge in [-0.2, -0.15) is 0 Å². The summed E-state index contributed by atoms with van der Waals surface area (Å²) in [5, 5.41) is 3.55. The monoisotopic (exact) mass is 290 g/mol. The second-order valence-electron chi connectivity index (χ2n) is 6.03. The van der Waals surface area contributed by atoms with Crippen LogP contribution in [0.15, 0.2) is 18.2 Å². The summed E-state index contributed by atoms with van der Waals surface area (Å²) in [6.45, 7) is 5.11. The van der Waals surface area contributed by atoms with E-state index in [-0.39, 0.29) is 0 Å². The molecule has 1 saturated carbocycles. The normalized spacial score (nSPS) is 18.9. The highest BCUT2D eigenvalue weighted by atomic mass is 16.5. The van der Waals surface area contributed by atoms with Crippen LogP contribution in [0.25, 0.3) is 0 Å². The average Bonchev–Trinajstić information content (AvgIpc) is 3.20. The number of nitrogens with one attached hydrogen (secondary N) is 1. The Morgan fingerprint density at radius 1 is 1.24 bits per heavy atom. The summed E-state index contributed by atoms with van der Waals surface area (Å²) in [4.78, 5) is 2.48. The van der Waals surface area contributed by atoms with Crippen molar-refractivity contribution in [3.8, 4) is 11.5 Å². The minimum absolute atomic E-state index is 0.702. The van der Waals surface area contributed by atoms with Crippen molar-refractivity contribution in [3.63, 3.8) is 0 Å². The first-order chi connectivity index (χ1) is 10.3. The van der Waals surface area contributed by atoms with E-state index in [0.29, 0.717) is 6.04 Å². The summed E-state index contributed by atoms with van der Waals surface area (Å²) < 4.78 is 11.3. The summed E-state index contributed by atoms with van der Waals surface area (Å²) >= 11 is 0. The van der Waals surface area contributed by atoms with E-state index in [4.69, 9.17) is 9.47 Å². The van der Waals surface area contributed by atoms with E-state index in [2.05, 4.69) is 16.3 Å². The van der Waals surface area contributed by atoms with Crippen LogP contribution in [0, 0.1) is 0 Å². The molecule has 4 heteroatoms. The number of ether oxygens (including phenoxy) is 2. The van der Waals surface area contributed by atoms with Gasteiger partial charge in [0.25, 0.3) is 0 Å². The Labute approximate surface area is 127 Å². The van der Waals surface area contributed by atoms with E-state index in [9.17, 15) is 0 Å². The molecule has 2 fully saturated rings. The SMILES string of the molecule is COc1ccc(OCCN2CCCC2)c(CNC2CC2)c1. The van der Waals surface area contributed by atoms with Crippen LogP contribution in [0.1, 0.15) is 31.2 Å². The van der Waals surface area contributed by atoms with E-state index in [1.807, 2.05) is 12.1 Å². The molecule has 0 bridgehead atoms. The highest BCUT2D eigenvalue weighted by molar-refractivity contribution is 5.40. The molecule has 1 N–H and O–H groups in total. The van der Waals surface area contributed by atoms with Crippen LogP contribution in [0.2, 0.25) is 0 Å². The smallest absolute Gasteiger partial charge is 0.124 e. The van der Waals surface area contributed by atoms with Gasteiger partial charge >= 0.3 is 0 Å². The number of hydrogen-bond acceptors (Lipinski definition) is 4. The van der Waals surface area contributed by atoms with Crippen molar-refractivity contribution >= 4 is 0 Å². The standard InChI is InChI=1S/C17H26N2O2/c1-20-16-6-7-17(14(12-16)13-18-15-4-5-15)21-11-10-19-8-2-3-9-19/h6-7,12,15,18H,2-5,8-11,13H2,1H3. The zero-order valence-corrected chi connectivity index (χ0v) is 12.9. The summed E-state index contributed by atoms with van der Waals surface area (Å²) in [5.41, 5.74) is 1.20. The quantitative estimate of drug-likeness (QED) is 0.797. The van der Waals surface area contributed by atoms with Gasteiger partial charge in [0, 0.05) is 24.7 Å². The molecular weight excluding hydrogens is 264 g/mol. The van der Waals surface area contributed by atoms with Crippen molar-refractivity contribution in [1.29, 1.82) is 0 Å². The van der Waals surface area contributed by atoms with Crippen molar-refractivity contribution in [1.82, 2.24) is 10.2 Å². The fourth-order valence-corrected chi connectivity index (χ4v) is 2.79. The molecule has 1 aliphatic heterocycles. The third-order valence-corrected chi connectivity index (χ3v) is 4.29. The zero-order chi connectivity index (χ0) is 14.5. The third-order valence-electron chi connectivity index (χ3n) is 4.29. The van der Waals surface area contributed by atoms with Crippen LogP contribution < -0.4 is 14.8 Å². The summed E-state index contributed by atoms with van der Waals surface area (Å²) in [6, 6.07) is 6.80. The maximum absolute atomic E-state index is 6.01. The molecule has 116 valence electrons. The molecule has 1 saturated heterocycles. The maximum atomic E-state index is 6.01. The largest absolute Gasteiger partial charge is 0.497 e. The summed E-state index contributed by atoms with van der Waals surface area (Å²) in [7, 11) is 1.71. The first kappa shape index (κ1) is 14.7. The van der Waals surface area contributed by atoms with Crippen LogP contribution in [-0.4, -0.2) is 44.3 Å². The topological polar surface area (TPSA) is 33.7 Å². The molecular formula is C17H26N2O2. The van der Waals surface area contributed by atoms with Gasteiger partial charge in [-0.15, -0.1) is 0 Å². The van der Waals surface area contributed by atoms with Crippen molar-refractivity contribution in [3.05, 3.63) is 23.8 Å². The fourth-order valence-electron chi connectivity index (χ4n) is 2.79. The van der Waals surface area contributed by atoms with Gasteiger partial charge in [-0.25, -0.2) is 0 Å². The van der Waals surface area contributed by atoms with Crippen molar-refractivity contribution in [2.45, 2.75) is 38.3 Å². The number of rotatable bonds is 8. The highest BCUT2D eigenvalue weighted by Crippen LogP contribution is 2.26. The predicted molar refractivity (Wildman–Crippen MR) is 84.0 cm³/mol. The lowest BCUT2D eigenvalue weighted by Crippen LogP contribution is -2.25. The van der Waals surface area contributed by atoms with Crippen LogP contribution >= 0.6 is 0 Å². The van der Waals surface area contributed by atoms with Gasteiger partial charge in [0.1, 0.15) is 18.1 Å². The molecule has 1 aromatic carbocycles. The van der Waals surface area contributed by atoms with E-state index in [1.54, 1.807) is 7.11 Å². The van der Waals surface area contributed by atoms with Gasteiger partial charge in [-0.1, -0.05) is 0 Å². The number of methoxy groups -OCH3 is 1. The number of likely N-dealkylation sites (tertiary alicyclic amines) is 1. The van der Waals surface area contributed by atoms with E-state index in [1.165, 1.54) is 44.3 Å². The zero-order valence-electron chi connectivity index (χ0n) is 12.9. The second-order valence-corrected chi connectivity index (χ2v) is 6.03. The van der Waals surface area contributed by atoms with Crippen molar-refractivity contribution < 1.29 is 9.47 Å². The van der Waals surface area contributed by atoms with Crippen LogP contribution in [0.4, 0.5) is 0 Å². The molecule has 0 spiro atoms. The second kappa shape index (κ2) is 7.14. The molecule has 1 aliphatic carbocycles. The van der Waals surface area contributed by atoms with Crippen LogP contribution in [0.3, 0.4) is 0 Å². The Balaban J connectivity index is 1.55. The van der Waals surface area contributed by atoms with Gasteiger partial charge in [0.05, 0.1) is 7.11 Å². The van der Waals surface area contributed by atoms with E-state index >= 15 is 0 Å². The first-order valence-electron chi connectivity index (χ1n) is 8.10. The van der Waals surface area contributed by atoms with Gasteiger partial charge in [-0.05, 0) is 57.0 Å². The lowest BCUT2D eigenvalue weighted by atomic mass is 10.2.